The lowest BCUT2D eigenvalue weighted by atomic mass is 10.1. The van der Waals surface area contributed by atoms with E-state index in [2.05, 4.69) is 5.32 Å². The number of amides is 1. The van der Waals surface area contributed by atoms with Gasteiger partial charge in [0.25, 0.3) is 5.91 Å². The molecule has 0 unspecified atom stereocenters. The van der Waals surface area contributed by atoms with Gasteiger partial charge in [-0.1, -0.05) is 30.3 Å². The van der Waals surface area contributed by atoms with Gasteiger partial charge in [-0.3, -0.25) is 9.59 Å². The van der Waals surface area contributed by atoms with Gasteiger partial charge in [-0.15, -0.1) is 0 Å². The molecule has 3 rings (SSSR count). The molecular weight excluding hydrogens is 394 g/mol. The molecule has 0 aromatic heterocycles. The summed E-state index contributed by atoms with van der Waals surface area (Å²) in [5.41, 5.74) is 2.42. The molecular formula is C25H23NO5. The highest BCUT2D eigenvalue weighted by Gasteiger charge is 2.19. The Hall–Kier alpha value is -3.93. The molecule has 1 amide bonds. The third-order valence-corrected chi connectivity index (χ3v) is 4.55. The van der Waals surface area contributed by atoms with Gasteiger partial charge in [0.2, 0.25) is 0 Å². The monoisotopic (exact) mass is 417 g/mol. The Morgan fingerprint density at radius 1 is 0.839 bits per heavy atom. The van der Waals surface area contributed by atoms with Gasteiger partial charge in [0, 0.05) is 11.3 Å². The van der Waals surface area contributed by atoms with E-state index in [1.165, 1.54) is 13.8 Å². The van der Waals surface area contributed by atoms with E-state index in [0.717, 1.165) is 5.56 Å². The Kier molecular flexibility index (Phi) is 7.17. The zero-order valence-electron chi connectivity index (χ0n) is 17.3. The van der Waals surface area contributed by atoms with Gasteiger partial charge in [-0.25, -0.2) is 4.79 Å². The maximum absolute atomic E-state index is 12.3. The minimum absolute atomic E-state index is 0.0586. The molecule has 6 heteroatoms. The fraction of sp³-hybridized carbons (Fsp3) is 0.160. The van der Waals surface area contributed by atoms with Crippen molar-refractivity contribution in [3.8, 4) is 5.75 Å². The summed E-state index contributed by atoms with van der Waals surface area (Å²) in [5.74, 6) is -0.507. The standard InChI is InChI=1S/C25H23NO5/c1-17(27)20-8-12-22(13-9-20)26-24(28)18(2)31-25(29)21-10-14-23(15-11-21)30-16-19-6-4-3-5-7-19/h3-15,18H,16H2,1-2H3,(H,26,28)/t18-/m0/s1. The van der Waals surface area contributed by atoms with E-state index in [4.69, 9.17) is 9.47 Å². The van der Waals surface area contributed by atoms with Crippen LogP contribution < -0.4 is 10.1 Å². The maximum Gasteiger partial charge on any atom is 0.338 e. The molecule has 0 saturated heterocycles. The number of anilines is 1. The molecule has 158 valence electrons. The van der Waals surface area contributed by atoms with Crippen molar-refractivity contribution in [3.05, 3.63) is 95.6 Å². The Morgan fingerprint density at radius 2 is 1.45 bits per heavy atom. The van der Waals surface area contributed by atoms with Crippen molar-refractivity contribution in [2.45, 2.75) is 26.6 Å². The second kappa shape index (κ2) is 10.2. The molecule has 0 heterocycles. The quantitative estimate of drug-likeness (QED) is 0.426. The average Bonchev–Trinajstić information content (AvgIpc) is 2.79. The first kappa shape index (κ1) is 21.8. The van der Waals surface area contributed by atoms with E-state index < -0.39 is 18.0 Å². The van der Waals surface area contributed by atoms with Crippen molar-refractivity contribution in [2.24, 2.45) is 0 Å². The van der Waals surface area contributed by atoms with Crippen LogP contribution in [0.25, 0.3) is 0 Å². The fourth-order valence-corrected chi connectivity index (χ4v) is 2.74. The van der Waals surface area contributed by atoms with Crippen molar-refractivity contribution in [3.63, 3.8) is 0 Å². The summed E-state index contributed by atoms with van der Waals surface area (Å²) in [5, 5.41) is 2.66. The van der Waals surface area contributed by atoms with Crippen LogP contribution in [0.15, 0.2) is 78.9 Å². The van der Waals surface area contributed by atoms with Gasteiger partial charge >= 0.3 is 5.97 Å². The number of carbonyl (C=O) groups excluding carboxylic acids is 3. The van der Waals surface area contributed by atoms with Gasteiger partial charge in [0.15, 0.2) is 11.9 Å². The van der Waals surface area contributed by atoms with E-state index in [1.807, 2.05) is 30.3 Å². The number of Topliss-reactive ketones (excluding diaryl/α,β-unsaturated/α-hetero) is 1. The predicted molar refractivity (Wildman–Crippen MR) is 117 cm³/mol. The number of esters is 1. The molecule has 0 aliphatic rings. The van der Waals surface area contributed by atoms with Crippen LogP contribution in [0.5, 0.6) is 5.75 Å². The van der Waals surface area contributed by atoms with Crippen molar-refractivity contribution in [2.75, 3.05) is 5.32 Å². The van der Waals surface area contributed by atoms with Crippen LogP contribution in [0.1, 0.15) is 40.1 Å². The van der Waals surface area contributed by atoms with Gasteiger partial charge in [0.05, 0.1) is 5.56 Å². The fourth-order valence-electron chi connectivity index (χ4n) is 2.74. The molecule has 0 spiro atoms. The minimum atomic E-state index is -0.992. The van der Waals surface area contributed by atoms with Crippen molar-refractivity contribution < 1.29 is 23.9 Å². The molecule has 1 atom stereocenters. The van der Waals surface area contributed by atoms with Gasteiger partial charge < -0.3 is 14.8 Å². The minimum Gasteiger partial charge on any atom is -0.489 e. The summed E-state index contributed by atoms with van der Waals surface area (Å²) in [6.45, 7) is 3.39. The Bertz CT molecular complexity index is 1040. The first-order valence-electron chi connectivity index (χ1n) is 9.82. The first-order chi connectivity index (χ1) is 14.9. The van der Waals surface area contributed by atoms with Crippen LogP contribution in [-0.4, -0.2) is 23.8 Å². The Morgan fingerprint density at radius 3 is 2.06 bits per heavy atom. The smallest absolute Gasteiger partial charge is 0.338 e. The third kappa shape index (κ3) is 6.27. The molecule has 0 bridgehead atoms. The second-order valence-corrected chi connectivity index (χ2v) is 6.97. The molecule has 0 radical (unpaired) electrons. The average molecular weight is 417 g/mol. The summed E-state index contributed by atoms with van der Waals surface area (Å²) in [6.07, 6.45) is -0.992. The van der Waals surface area contributed by atoms with E-state index in [1.54, 1.807) is 48.5 Å². The van der Waals surface area contributed by atoms with E-state index >= 15 is 0 Å². The van der Waals surface area contributed by atoms with Gasteiger partial charge in [-0.05, 0) is 67.9 Å². The number of hydrogen-bond acceptors (Lipinski definition) is 5. The van der Waals surface area contributed by atoms with Crippen LogP contribution in [0.4, 0.5) is 5.69 Å². The van der Waals surface area contributed by atoms with Gasteiger partial charge in [-0.2, -0.15) is 0 Å². The van der Waals surface area contributed by atoms with Crippen LogP contribution in [0.2, 0.25) is 0 Å². The van der Waals surface area contributed by atoms with Crippen molar-refractivity contribution in [1.82, 2.24) is 0 Å². The first-order valence-corrected chi connectivity index (χ1v) is 9.82. The lowest BCUT2D eigenvalue weighted by Gasteiger charge is -2.14. The highest BCUT2D eigenvalue weighted by Crippen LogP contribution is 2.16. The van der Waals surface area contributed by atoms with E-state index in [-0.39, 0.29) is 5.78 Å². The van der Waals surface area contributed by atoms with E-state index in [9.17, 15) is 14.4 Å². The Labute approximate surface area is 180 Å². The van der Waals surface area contributed by atoms with E-state index in [0.29, 0.717) is 29.2 Å². The van der Waals surface area contributed by atoms with Crippen LogP contribution in [0.3, 0.4) is 0 Å². The van der Waals surface area contributed by atoms with Crippen molar-refractivity contribution >= 4 is 23.3 Å². The predicted octanol–water partition coefficient (Wildman–Crippen LogP) is 4.65. The third-order valence-electron chi connectivity index (χ3n) is 4.55. The number of benzene rings is 3. The molecule has 0 fully saturated rings. The normalized spacial score (nSPS) is 11.3. The van der Waals surface area contributed by atoms with Gasteiger partial charge in [0.1, 0.15) is 12.4 Å². The van der Waals surface area contributed by atoms with Crippen LogP contribution in [0, 0.1) is 0 Å². The highest BCUT2D eigenvalue weighted by molar-refractivity contribution is 5.98. The molecule has 0 saturated carbocycles. The number of rotatable bonds is 8. The Balaban J connectivity index is 1.51. The number of ether oxygens (including phenoxy) is 2. The topological polar surface area (TPSA) is 81.7 Å². The molecule has 0 aliphatic heterocycles. The molecule has 0 aliphatic carbocycles. The number of hydrogen-bond donors (Lipinski definition) is 1. The lowest BCUT2D eigenvalue weighted by molar-refractivity contribution is -0.123. The maximum atomic E-state index is 12.3. The molecule has 1 N–H and O–H groups in total. The summed E-state index contributed by atoms with van der Waals surface area (Å²) >= 11 is 0. The summed E-state index contributed by atoms with van der Waals surface area (Å²) in [4.78, 5) is 36.0. The zero-order chi connectivity index (χ0) is 22.2. The number of carbonyl (C=O) groups is 3. The molecule has 3 aromatic rings. The van der Waals surface area contributed by atoms with Crippen molar-refractivity contribution in [1.29, 1.82) is 0 Å². The summed E-state index contributed by atoms with van der Waals surface area (Å²) in [6, 6.07) is 22.8. The SMILES string of the molecule is CC(=O)c1ccc(NC(=O)[C@H](C)OC(=O)c2ccc(OCc3ccccc3)cc2)cc1. The summed E-state index contributed by atoms with van der Waals surface area (Å²) < 4.78 is 11.0. The van der Waals surface area contributed by atoms with Crippen LogP contribution >= 0.6 is 0 Å². The molecule has 6 nitrogen and oxygen atoms in total. The largest absolute Gasteiger partial charge is 0.489 e. The van der Waals surface area contributed by atoms with Crippen LogP contribution in [-0.2, 0) is 16.1 Å². The zero-order valence-corrected chi connectivity index (χ0v) is 17.3. The molecule has 31 heavy (non-hydrogen) atoms. The highest BCUT2D eigenvalue weighted by atomic mass is 16.5. The number of ketones is 1. The molecule has 3 aromatic carbocycles. The second-order valence-electron chi connectivity index (χ2n) is 6.97. The lowest BCUT2D eigenvalue weighted by Crippen LogP contribution is -2.30. The summed E-state index contributed by atoms with van der Waals surface area (Å²) in [7, 11) is 0. The number of nitrogens with one attached hydrogen (secondary N) is 1.